The SMILES string of the molecule is CCC1CCC(=O)C(Cc2cccc(Cl)c2F)C1. The highest BCUT2D eigenvalue weighted by molar-refractivity contribution is 6.30. The molecular weight excluding hydrogens is 251 g/mol. The molecule has 1 aliphatic carbocycles. The van der Waals surface area contributed by atoms with E-state index < -0.39 is 0 Å². The summed E-state index contributed by atoms with van der Waals surface area (Å²) in [6.07, 6.45) is 4.11. The van der Waals surface area contributed by atoms with Crippen LogP contribution in [-0.2, 0) is 11.2 Å². The predicted octanol–water partition coefficient (Wildman–Crippen LogP) is 4.42. The quantitative estimate of drug-likeness (QED) is 0.793. The molecule has 2 atom stereocenters. The van der Waals surface area contributed by atoms with Crippen molar-refractivity contribution in [3.63, 3.8) is 0 Å². The highest BCUT2D eigenvalue weighted by atomic mass is 35.5. The molecule has 0 N–H and O–H groups in total. The molecule has 18 heavy (non-hydrogen) atoms. The summed E-state index contributed by atoms with van der Waals surface area (Å²) in [5.74, 6) is 0.483. The molecule has 0 saturated heterocycles. The van der Waals surface area contributed by atoms with Gasteiger partial charge in [0.25, 0.3) is 0 Å². The number of carbonyl (C=O) groups is 1. The maximum Gasteiger partial charge on any atom is 0.144 e. The van der Waals surface area contributed by atoms with Gasteiger partial charge >= 0.3 is 0 Å². The Bertz CT molecular complexity index is 444. The molecule has 0 aromatic heterocycles. The van der Waals surface area contributed by atoms with Crippen LogP contribution < -0.4 is 0 Å². The van der Waals surface area contributed by atoms with E-state index in [1.54, 1.807) is 12.1 Å². The summed E-state index contributed by atoms with van der Waals surface area (Å²) in [5.41, 5.74) is 0.567. The van der Waals surface area contributed by atoms with Gasteiger partial charge in [0.2, 0.25) is 0 Å². The van der Waals surface area contributed by atoms with E-state index in [1.807, 2.05) is 0 Å². The number of ketones is 1. The van der Waals surface area contributed by atoms with Crippen LogP contribution in [0.25, 0.3) is 0 Å². The zero-order valence-corrected chi connectivity index (χ0v) is 11.3. The van der Waals surface area contributed by atoms with E-state index in [1.165, 1.54) is 6.07 Å². The van der Waals surface area contributed by atoms with Crippen LogP contribution in [0, 0.1) is 17.7 Å². The summed E-state index contributed by atoms with van der Waals surface area (Å²) < 4.78 is 13.8. The second-order valence-electron chi connectivity index (χ2n) is 5.13. The van der Waals surface area contributed by atoms with E-state index >= 15 is 0 Å². The molecule has 0 heterocycles. The fraction of sp³-hybridized carbons (Fsp3) is 0.533. The average molecular weight is 269 g/mol. The topological polar surface area (TPSA) is 17.1 Å². The molecule has 1 saturated carbocycles. The molecule has 1 fully saturated rings. The van der Waals surface area contributed by atoms with Gasteiger partial charge in [-0.15, -0.1) is 0 Å². The Balaban J connectivity index is 2.12. The highest BCUT2D eigenvalue weighted by Gasteiger charge is 2.28. The van der Waals surface area contributed by atoms with Crippen molar-refractivity contribution in [2.45, 2.75) is 39.0 Å². The standard InChI is InChI=1S/C15H18ClFO/c1-2-10-6-7-14(18)12(8-10)9-11-4-3-5-13(16)15(11)17/h3-5,10,12H,2,6-9H2,1H3. The van der Waals surface area contributed by atoms with E-state index in [-0.39, 0.29) is 22.5 Å². The second kappa shape index (κ2) is 5.83. The fourth-order valence-electron chi connectivity index (χ4n) is 2.74. The summed E-state index contributed by atoms with van der Waals surface area (Å²) in [6, 6.07) is 5.01. The minimum Gasteiger partial charge on any atom is -0.299 e. The number of Topliss-reactive ketones (excluding diaryl/α,β-unsaturated/α-hetero) is 1. The lowest BCUT2D eigenvalue weighted by atomic mass is 9.77. The molecule has 2 unspecified atom stereocenters. The van der Waals surface area contributed by atoms with Gasteiger partial charge in [-0.1, -0.05) is 37.1 Å². The third kappa shape index (κ3) is 2.92. The minimum atomic E-state index is -0.370. The van der Waals surface area contributed by atoms with Gasteiger partial charge in [0.05, 0.1) is 5.02 Å². The normalized spacial score (nSPS) is 24.3. The van der Waals surface area contributed by atoms with E-state index in [0.717, 1.165) is 19.3 Å². The van der Waals surface area contributed by atoms with Crippen molar-refractivity contribution in [3.05, 3.63) is 34.6 Å². The van der Waals surface area contributed by atoms with Crippen molar-refractivity contribution in [1.29, 1.82) is 0 Å². The minimum absolute atomic E-state index is 0.0309. The smallest absolute Gasteiger partial charge is 0.144 e. The maximum atomic E-state index is 13.8. The van der Waals surface area contributed by atoms with Crippen LogP contribution in [0.5, 0.6) is 0 Å². The Kier molecular flexibility index (Phi) is 4.39. The Morgan fingerprint density at radius 3 is 2.94 bits per heavy atom. The highest BCUT2D eigenvalue weighted by Crippen LogP contribution is 2.32. The van der Waals surface area contributed by atoms with Gasteiger partial charge in [-0.05, 0) is 36.8 Å². The molecule has 2 rings (SSSR count). The van der Waals surface area contributed by atoms with E-state index in [2.05, 4.69) is 6.92 Å². The van der Waals surface area contributed by atoms with Gasteiger partial charge < -0.3 is 0 Å². The van der Waals surface area contributed by atoms with Crippen molar-refractivity contribution in [3.8, 4) is 0 Å². The van der Waals surface area contributed by atoms with Gasteiger partial charge in [0.15, 0.2) is 0 Å². The zero-order chi connectivity index (χ0) is 13.1. The fourth-order valence-corrected chi connectivity index (χ4v) is 2.94. The Morgan fingerprint density at radius 1 is 1.44 bits per heavy atom. The summed E-state index contributed by atoms with van der Waals surface area (Å²) >= 11 is 5.76. The van der Waals surface area contributed by atoms with Crippen LogP contribution in [-0.4, -0.2) is 5.78 Å². The third-order valence-corrected chi connectivity index (χ3v) is 4.24. The van der Waals surface area contributed by atoms with Crippen molar-refractivity contribution < 1.29 is 9.18 Å². The molecule has 98 valence electrons. The van der Waals surface area contributed by atoms with Crippen LogP contribution in [0.2, 0.25) is 5.02 Å². The first-order chi connectivity index (χ1) is 8.61. The monoisotopic (exact) mass is 268 g/mol. The summed E-state index contributed by atoms with van der Waals surface area (Å²) in [5, 5.41) is 0.141. The van der Waals surface area contributed by atoms with Crippen molar-refractivity contribution in [2.75, 3.05) is 0 Å². The molecule has 3 heteroatoms. The van der Waals surface area contributed by atoms with E-state index in [4.69, 9.17) is 11.6 Å². The van der Waals surface area contributed by atoms with Gasteiger partial charge in [0.1, 0.15) is 11.6 Å². The van der Waals surface area contributed by atoms with Gasteiger partial charge in [-0.25, -0.2) is 4.39 Å². The molecule has 0 aliphatic heterocycles. The Hall–Kier alpha value is -0.890. The maximum absolute atomic E-state index is 13.8. The number of rotatable bonds is 3. The number of carbonyl (C=O) groups excluding carboxylic acids is 1. The molecule has 1 aromatic rings. The van der Waals surface area contributed by atoms with E-state index in [9.17, 15) is 9.18 Å². The summed E-state index contributed by atoms with van der Waals surface area (Å²) in [4.78, 5) is 11.9. The lowest BCUT2D eigenvalue weighted by Gasteiger charge is -2.27. The summed E-state index contributed by atoms with van der Waals surface area (Å²) in [6.45, 7) is 2.15. The number of hydrogen-bond donors (Lipinski definition) is 0. The van der Waals surface area contributed by atoms with E-state index in [0.29, 0.717) is 24.3 Å². The molecule has 1 nitrogen and oxygen atoms in total. The number of hydrogen-bond acceptors (Lipinski definition) is 1. The third-order valence-electron chi connectivity index (χ3n) is 3.95. The van der Waals surface area contributed by atoms with Crippen LogP contribution >= 0.6 is 11.6 Å². The first-order valence-electron chi connectivity index (χ1n) is 6.57. The molecule has 0 radical (unpaired) electrons. The van der Waals surface area contributed by atoms with Crippen molar-refractivity contribution >= 4 is 17.4 Å². The van der Waals surface area contributed by atoms with Crippen LogP contribution in [0.15, 0.2) is 18.2 Å². The number of halogens is 2. The molecule has 1 aliphatic rings. The molecule has 0 bridgehead atoms. The molecular formula is C15H18ClFO. The van der Waals surface area contributed by atoms with Crippen molar-refractivity contribution in [2.24, 2.45) is 11.8 Å². The van der Waals surface area contributed by atoms with Crippen LogP contribution in [0.4, 0.5) is 4.39 Å². The lowest BCUT2D eigenvalue weighted by molar-refractivity contribution is -0.125. The Labute approximate surface area is 112 Å². The first kappa shape index (κ1) is 13.5. The first-order valence-corrected chi connectivity index (χ1v) is 6.95. The van der Waals surface area contributed by atoms with Gasteiger partial charge in [-0.3, -0.25) is 4.79 Å². The number of benzene rings is 1. The van der Waals surface area contributed by atoms with Crippen molar-refractivity contribution in [1.82, 2.24) is 0 Å². The largest absolute Gasteiger partial charge is 0.299 e. The zero-order valence-electron chi connectivity index (χ0n) is 10.6. The summed E-state index contributed by atoms with van der Waals surface area (Å²) in [7, 11) is 0. The van der Waals surface area contributed by atoms with Crippen LogP contribution in [0.1, 0.15) is 38.2 Å². The lowest BCUT2D eigenvalue weighted by Crippen LogP contribution is -2.26. The molecule has 0 spiro atoms. The van der Waals surface area contributed by atoms with Gasteiger partial charge in [0, 0.05) is 12.3 Å². The van der Waals surface area contributed by atoms with Crippen LogP contribution in [0.3, 0.4) is 0 Å². The predicted molar refractivity (Wildman–Crippen MR) is 71.2 cm³/mol. The Morgan fingerprint density at radius 2 is 2.22 bits per heavy atom. The molecule has 0 amide bonds. The average Bonchev–Trinajstić information content (AvgIpc) is 2.37. The van der Waals surface area contributed by atoms with Gasteiger partial charge in [-0.2, -0.15) is 0 Å². The second-order valence-corrected chi connectivity index (χ2v) is 5.54. The molecule has 1 aromatic carbocycles.